The molecule has 1 fully saturated rings. The summed E-state index contributed by atoms with van der Waals surface area (Å²) in [5.74, 6) is 0.294. The quantitative estimate of drug-likeness (QED) is 0.707. The summed E-state index contributed by atoms with van der Waals surface area (Å²) in [7, 11) is 0. The van der Waals surface area contributed by atoms with Gasteiger partial charge in [-0.3, -0.25) is 4.79 Å². The maximum atomic E-state index is 12.0. The lowest BCUT2D eigenvalue weighted by Crippen LogP contribution is -2.37. The summed E-state index contributed by atoms with van der Waals surface area (Å²) in [6, 6.07) is 11.4. The zero-order chi connectivity index (χ0) is 17.6. The lowest BCUT2D eigenvalue weighted by atomic mass is 10.1. The maximum Gasteiger partial charge on any atom is 0.315 e. The van der Waals surface area contributed by atoms with Crippen LogP contribution in [-0.2, 0) is 11.2 Å². The van der Waals surface area contributed by atoms with Crippen molar-refractivity contribution in [2.45, 2.75) is 32.2 Å². The van der Waals surface area contributed by atoms with Crippen molar-refractivity contribution in [2.24, 2.45) is 5.92 Å². The first-order chi connectivity index (χ1) is 12.1. The molecule has 1 aromatic carbocycles. The van der Waals surface area contributed by atoms with Gasteiger partial charge >= 0.3 is 6.03 Å². The molecule has 25 heavy (non-hydrogen) atoms. The summed E-state index contributed by atoms with van der Waals surface area (Å²) in [5, 5.41) is 10.8. The van der Waals surface area contributed by atoms with Gasteiger partial charge < -0.3 is 16.0 Å². The second-order valence-electron chi connectivity index (χ2n) is 6.34. The number of nitrogens with one attached hydrogen (secondary N) is 3. The van der Waals surface area contributed by atoms with E-state index in [-0.39, 0.29) is 23.9 Å². The average molecular weight is 357 g/mol. The van der Waals surface area contributed by atoms with Crippen LogP contribution in [0.4, 0.5) is 10.5 Å². The maximum absolute atomic E-state index is 12.0. The molecular weight excluding hydrogens is 334 g/mol. The van der Waals surface area contributed by atoms with Crippen molar-refractivity contribution in [3.8, 4) is 0 Å². The van der Waals surface area contributed by atoms with Crippen molar-refractivity contribution in [1.82, 2.24) is 10.6 Å². The third-order valence-corrected chi connectivity index (χ3v) is 5.15. The van der Waals surface area contributed by atoms with E-state index in [0.29, 0.717) is 6.54 Å². The first kappa shape index (κ1) is 17.5. The van der Waals surface area contributed by atoms with E-state index in [1.807, 2.05) is 42.6 Å². The molecule has 1 aliphatic rings. The summed E-state index contributed by atoms with van der Waals surface area (Å²) in [5.41, 5.74) is 1.80. The summed E-state index contributed by atoms with van der Waals surface area (Å²) >= 11 is 1.69. The molecule has 3 rings (SSSR count). The van der Waals surface area contributed by atoms with Crippen molar-refractivity contribution in [2.75, 3.05) is 11.9 Å². The van der Waals surface area contributed by atoms with Crippen LogP contribution in [0.1, 0.15) is 36.2 Å². The Balaban J connectivity index is 1.42. The molecule has 0 radical (unpaired) electrons. The Bertz CT molecular complexity index is 709. The largest absolute Gasteiger partial charge is 0.338 e. The lowest BCUT2D eigenvalue weighted by molar-refractivity contribution is -0.117. The van der Waals surface area contributed by atoms with E-state index >= 15 is 0 Å². The second-order valence-corrected chi connectivity index (χ2v) is 7.37. The zero-order valence-electron chi connectivity index (χ0n) is 14.2. The van der Waals surface area contributed by atoms with Gasteiger partial charge in [0.05, 0.1) is 6.04 Å². The summed E-state index contributed by atoms with van der Waals surface area (Å²) in [6.45, 7) is 2.56. The van der Waals surface area contributed by atoms with Crippen LogP contribution in [0.25, 0.3) is 0 Å². The number of amides is 3. The number of carbonyl (C=O) groups is 2. The highest BCUT2D eigenvalue weighted by atomic mass is 32.1. The minimum absolute atomic E-state index is 0.101. The second kappa shape index (κ2) is 8.16. The van der Waals surface area contributed by atoms with E-state index in [0.717, 1.165) is 30.5 Å². The van der Waals surface area contributed by atoms with E-state index in [9.17, 15) is 9.59 Å². The van der Waals surface area contributed by atoms with Gasteiger partial charge in [0, 0.05) is 23.0 Å². The highest BCUT2D eigenvalue weighted by Crippen LogP contribution is 2.30. The molecule has 1 atom stereocenters. The number of hydrogen-bond donors (Lipinski definition) is 3. The van der Waals surface area contributed by atoms with E-state index < -0.39 is 0 Å². The number of anilines is 1. The number of carbonyl (C=O) groups excluding carboxylic acids is 2. The number of hydrogen-bond acceptors (Lipinski definition) is 3. The van der Waals surface area contributed by atoms with Gasteiger partial charge in [0.1, 0.15) is 0 Å². The Kier molecular flexibility index (Phi) is 5.71. The first-order valence-electron chi connectivity index (χ1n) is 8.59. The molecule has 132 valence electrons. The third kappa shape index (κ3) is 5.32. The van der Waals surface area contributed by atoms with Gasteiger partial charge in [0.2, 0.25) is 5.91 Å². The van der Waals surface area contributed by atoms with Crippen LogP contribution in [0.2, 0.25) is 0 Å². The normalized spacial score (nSPS) is 14.6. The van der Waals surface area contributed by atoms with Crippen molar-refractivity contribution in [3.05, 3.63) is 52.2 Å². The fraction of sp³-hybridized carbons (Fsp3) is 0.368. The standard InChI is InChI=1S/C19H23N3O2S/c1-13(21-19(24)20-11-10-17-3-2-12-25-17)14-6-8-16(9-7-14)22-18(23)15-4-5-15/h2-3,6-9,12-13,15H,4-5,10-11H2,1H3,(H,22,23)(H2,20,21,24)/t13-/m1/s1. The minimum Gasteiger partial charge on any atom is -0.338 e. The van der Waals surface area contributed by atoms with Crippen molar-refractivity contribution >= 4 is 29.0 Å². The fourth-order valence-corrected chi connectivity index (χ4v) is 3.24. The molecule has 5 nitrogen and oxygen atoms in total. The summed E-state index contributed by atoms with van der Waals surface area (Å²) in [4.78, 5) is 25.0. The minimum atomic E-state index is -0.171. The van der Waals surface area contributed by atoms with Crippen molar-refractivity contribution in [1.29, 1.82) is 0 Å². The van der Waals surface area contributed by atoms with Gasteiger partial charge in [-0.15, -0.1) is 11.3 Å². The van der Waals surface area contributed by atoms with Crippen LogP contribution in [-0.4, -0.2) is 18.5 Å². The van der Waals surface area contributed by atoms with Gasteiger partial charge in [-0.1, -0.05) is 18.2 Å². The Labute approximate surface area is 151 Å². The Hall–Kier alpha value is -2.34. The van der Waals surface area contributed by atoms with Crippen molar-refractivity contribution in [3.63, 3.8) is 0 Å². The Morgan fingerprint density at radius 1 is 1.20 bits per heavy atom. The average Bonchev–Trinajstić information content (AvgIpc) is 3.33. The molecule has 3 amide bonds. The molecule has 0 saturated heterocycles. The molecule has 0 spiro atoms. The predicted molar refractivity (Wildman–Crippen MR) is 101 cm³/mol. The zero-order valence-corrected chi connectivity index (χ0v) is 15.1. The van der Waals surface area contributed by atoms with E-state index in [1.54, 1.807) is 11.3 Å². The fourth-order valence-electron chi connectivity index (χ4n) is 2.53. The number of thiophene rings is 1. The van der Waals surface area contributed by atoms with Gasteiger partial charge in [-0.05, 0) is 55.3 Å². The molecule has 2 aromatic rings. The molecule has 1 aromatic heterocycles. The van der Waals surface area contributed by atoms with Gasteiger partial charge in [-0.25, -0.2) is 4.79 Å². The van der Waals surface area contributed by atoms with Crippen LogP contribution >= 0.6 is 11.3 Å². The van der Waals surface area contributed by atoms with E-state index in [1.165, 1.54) is 4.88 Å². The molecule has 0 unspecified atom stereocenters. The molecular formula is C19H23N3O2S. The smallest absolute Gasteiger partial charge is 0.315 e. The van der Waals surface area contributed by atoms with Crippen LogP contribution in [0.3, 0.4) is 0 Å². The van der Waals surface area contributed by atoms with Crippen LogP contribution in [0.5, 0.6) is 0 Å². The lowest BCUT2D eigenvalue weighted by Gasteiger charge is -2.15. The highest BCUT2D eigenvalue weighted by molar-refractivity contribution is 7.09. The molecule has 1 saturated carbocycles. The third-order valence-electron chi connectivity index (χ3n) is 4.21. The van der Waals surface area contributed by atoms with Crippen LogP contribution in [0, 0.1) is 5.92 Å². The molecule has 6 heteroatoms. The SMILES string of the molecule is C[C@@H](NC(=O)NCCc1cccs1)c1ccc(NC(=O)C2CC2)cc1. The van der Waals surface area contributed by atoms with Crippen molar-refractivity contribution < 1.29 is 9.59 Å². The molecule has 3 N–H and O–H groups in total. The van der Waals surface area contributed by atoms with E-state index in [4.69, 9.17) is 0 Å². The molecule has 1 heterocycles. The van der Waals surface area contributed by atoms with Gasteiger partial charge in [0.25, 0.3) is 0 Å². The van der Waals surface area contributed by atoms with E-state index in [2.05, 4.69) is 22.0 Å². The molecule has 0 aliphatic heterocycles. The Morgan fingerprint density at radius 2 is 1.96 bits per heavy atom. The molecule has 1 aliphatic carbocycles. The topological polar surface area (TPSA) is 70.2 Å². The highest BCUT2D eigenvalue weighted by Gasteiger charge is 2.29. The number of benzene rings is 1. The Morgan fingerprint density at radius 3 is 2.60 bits per heavy atom. The monoisotopic (exact) mass is 357 g/mol. The predicted octanol–water partition coefficient (Wildman–Crippen LogP) is 3.70. The van der Waals surface area contributed by atoms with Crippen LogP contribution in [0.15, 0.2) is 41.8 Å². The number of urea groups is 1. The first-order valence-corrected chi connectivity index (χ1v) is 9.47. The van der Waals surface area contributed by atoms with Gasteiger partial charge in [0.15, 0.2) is 0 Å². The summed E-state index contributed by atoms with van der Waals surface area (Å²) in [6.07, 6.45) is 2.83. The number of rotatable bonds is 7. The van der Waals surface area contributed by atoms with Gasteiger partial charge in [-0.2, -0.15) is 0 Å². The van der Waals surface area contributed by atoms with Crippen LogP contribution < -0.4 is 16.0 Å². The molecule has 0 bridgehead atoms. The summed E-state index contributed by atoms with van der Waals surface area (Å²) < 4.78 is 0.